The van der Waals surface area contributed by atoms with Gasteiger partial charge in [-0.1, -0.05) is 19.1 Å². The van der Waals surface area contributed by atoms with Gasteiger partial charge in [0.05, 0.1) is 5.92 Å². The maximum atomic E-state index is 12.7. The summed E-state index contributed by atoms with van der Waals surface area (Å²) in [6.07, 6.45) is 2.49. The number of hydrogen-bond donors (Lipinski definition) is 2. The van der Waals surface area contributed by atoms with Crippen molar-refractivity contribution in [3.05, 3.63) is 63.5 Å². The lowest BCUT2D eigenvalue weighted by molar-refractivity contribution is -0.129. The van der Waals surface area contributed by atoms with Gasteiger partial charge in [-0.05, 0) is 65.3 Å². The molecule has 1 aromatic heterocycles. The Labute approximate surface area is 174 Å². The van der Waals surface area contributed by atoms with Crippen LogP contribution in [0.1, 0.15) is 49.7 Å². The number of ketones is 1. The van der Waals surface area contributed by atoms with Gasteiger partial charge in [-0.3, -0.25) is 14.4 Å². The molecule has 0 spiro atoms. The zero-order chi connectivity index (χ0) is 20.4. The van der Waals surface area contributed by atoms with Gasteiger partial charge < -0.3 is 10.6 Å². The van der Waals surface area contributed by atoms with Gasteiger partial charge in [-0.25, -0.2) is 0 Å². The van der Waals surface area contributed by atoms with Crippen molar-refractivity contribution in [2.75, 3.05) is 5.32 Å². The van der Waals surface area contributed by atoms with Gasteiger partial charge in [0, 0.05) is 29.8 Å². The first-order chi connectivity index (χ1) is 14.0. The molecular formula is C23H24N2O3S. The molecule has 1 aromatic carbocycles. The zero-order valence-electron chi connectivity index (χ0n) is 16.4. The molecule has 5 nitrogen and oxygen atoms in total. The van der Waals surface area contributed by atoms with Crippen LogP contribution >= 0.6 is 11.3 Å². The molecule has 150 valence electrons. The normalized spacial score (nSPS) is 21.6. The topological polar surface area (TPSA) is 75.3 Å². The monoisotopic (exact) mass is 408 g/mol. The average molecular weight is 409 g/mol. The van der Waals surface area contributed by atoms with Crippen LogP contribution in [0.3, 0.4) is 0 Å². The van der Waals surface area contributed by atoms with E-state index in [2.05, 4.69) is 22.9 Å². The Morgan fingerprint density at radius 2 is 1.93 bits per heavy atom. The molecule has 0 radical (unpaired) electrons. The van der Waals surface area contributed by atoms with Gasteiger partial charge in [0.25, 0.3) is 0 Å². The van der Waals surface area contributed by atoms with Crippen LogP contribution in [0.15, 0.2) is 52.4 Å². The number of nitrogens with one attached hydrogen (secondary N) is 2. The summed E-state index contributed by atoms with van der Waals surface area (Å²) in [6.45, 7) is 2.08. The number of carbonyl (C=O) groups excluding carboxylic acids is 3. The number of allylic oxidation sites excluding steroid dienone is 2. The molecule has 1 aliphatic carbocycles. The number of aryl methyl sites for hydroxylation is 1. The second-order valence-electron chi connectivity index (χ2n) is 7.74. The van der Waals surface area contributed by atoms with Gasteiger partial charge in [0.15, 0.2) is 5.78 Å². The number of rotatable bonds is 5. The van der Waals surface area contributed by atoms with E-state index in [0.717, 1.165) is 23.4 Å². The minimum Gasteiger partial charge on any atom is -0.329 e. The molecule has 0 fully saturated rings. The first-order valence-corrected chi connectivity index (χ1v) is 10.9. The molecule has 2 atom stereocenters. The zero-order valence-corrected chi connectivity index (χ0v) is 17.2. The van der Waals surface area contributed by atoms with Crippen molar-refractivity contribution in [3.63, 3.8) is 0 Å². The molecular weight excluding hydrogens is 384 g/mol. The van der Waals surface area contributed by atoms with E-state index in [1.54, 1.807) is 11.3 Å². The number of carbonyl (C=O) groups is 3. The number of amides is 2. The molecule has 4 rings (SSSR count). The summed E-state index contributed by atoms with van der Waals surface area (Å²) < 4.78 is 0. The Hall–Kier alpha value is -2.73. The number of anilines is 1. The van der Waals surface area contributed by atoms with Gasteiger partial charge in [-0.15, -0.1) is 0 Å². The van der Waals surface area contributed by atoms with Crippen molar-refractivity contribution in [2.24, 2.45) is 5.92 Å². The molecule has 2 heterocycles. The van der Waals surface area contributed by atoms with E-state index in [1.165, 1.54) is 5.56 Å². The van der Waals surface area contributed by atoms with Crippen LogP contribution in [-0.2, 0) is 20.8 Å². The van der Waals surface area contributed by atoms with Crippen LogP contribution < -0.4 is 10.6 Å². The second-order valence-corrected chi connectivity index (χ2v) is 8.52. The van der Waals surface area contributed by atoms with Crippen molar-refractivity contribution >= 4 is 34.6 Å². The van der Waals surface area contributed by atoms with Gasteiger partial charge in [0.2, 0.25) is 11.8 Å². The van der Waals surface area contributed by atoms with Crippen molar-refractivity contribution in [3.8, 4) is 0 Å². The third-order valence-corrected chi connectivity index (χ3v) is 6.47. The quantitative estimate of drug-likeness (QED) is 0.779. The van der Waals surface area contributed by atoms with Crippen molar-refractivity contribution < 1.29 is 14.4 Å². The van der Waals surface area contributed by atoms with Gasteiger partial charge in [-0.2, -0.15) is 11.3 Å². The van der Waals surface area contributed by atoms with E-state index in [4.69, 9.17) is 0 Å². The molecule has 0 bridgehead atoms. The molecule has 2 N–H and O–H groups in total. The highest BCUT2D eigenvalue weighted by atomic mass is 32.1. The lowest BCUT2D eigenvalue weighted by Gasteiger charge is -2.32. The highest BCUT2D eigenvalue weighted by molar-refractivity contribution is 7.08. The first-order valence-electron chi connectivity index (χ1n) is 10.0. The highest BCUT2D eigenvalue weighted by Gasteiger charge is 2.37. The third kappa shape index (κ3) is 4.32. The third-order valence-electron chi connectivity index (χ3n) is 5.77. The standard InChI is InChI=1S/C23H24N2O3S/c1-2-14-3-5-18(6-4-14)24-22(27)12-17-9-19-20(25-23(17)28)10-16(11-21(19)26)15-7-8-29-13-15/h3-8,13,16-17H,2,9-12H2,1H3,(H,24,27)(H,25,28). The Bertz CT molecular complexity index is 961. The fraction of sp³-hybridized carbons (Fsp3) is 0.348. The maximum Gasteiger partial charge on any atom is 0.228 e. The van der Waals surface area contributed by atoms with Crippen molar-refractivity contribution in [1.29, 1.82) is 0 Å². The summed E-state index contributed by atoms with van der Waals surface area (Å²) in [5.74, 6) is -0.677. The molecule has 29 heavy (non-hydrogen) atoms. The summed E-state index contributed by atoms with van der Waals surface area (Å²) in [5, 5.41) is 9.84. The van der Waals surface area contributed by atoms with E-state index in [0.29, 0.717) is 24.8 Å². The number of thiophene rings is 1. The summed E-state index contributed by atoms with van der Waals surface area (Å²) in [6, 6.07) is 9.73. The van der Waals surface area contributed by atoms with Crippen LogP contribution in [0.4, 0.5) is 5.69 Å². The van der Waals surface area contributed by atoms with Crippen LogP contribution in [-0.4, -0.2) is 17.6 Å². The van der Waals surface area contributed by atoms with Crippen LogP contribution in [0, 0.1) is 5.92 Å². The van der Waals surface area contributed by atoms with Crippen LogP contribution in [0.5, 0.6) is 0 Å². The summed E-state index contributed by atoms with van der Waals surface area (Å²) in [7, 11) is 0. The Kier molecular flexibility index (Phi) is 5.62. The molecule has 1 aliphatic heterocycles. The molecule has 2 aliphatic rings. The lowest BCUT2D eigenvalue weighted by atomic mass is 9.77. The number of benzene rings is 1. The average Bonchev–Trinajstić information content (AvgIpc) is 3.24. The highest BCUT2D eigenvalue weighted by Crippen LogP contribution is 2.38. The summed E-state index contributed by atoms with van der Waals surface area (Å²) in [5.41, 5.74) is 4.51. The van der Waals surface area contributed by atoms with E-state index in [-0.39, 0.29) is 29.9 Å². The Balaban J connectivity index is 1.41. The van der Waals surface area contributed by atoms with E-state index >= 15 is 0 Å². The molecule has 0 saturated heterocycles. The van der Waals surface area contributed by atoms with Crippen molar-refractivity contribution in [1.82, 2.24) is 5.32 Å². The minimum atomic E-state index is -0.509. The molecule has 6 heteroatoms. The lowest BCUT2D eigenvalue weighted by Crippen LogP contribution is -2.41. The summed E-state index contributed by atoms with van der Waals surface area (Å²) >= 11 is 1.62. The van der Waals surface area contributed by atoms with Crippen LogP contribution in [0.2, 0.25) is 0 Å². The van der Waals surface area contributed by atoms with Crippen LogP contribution in [0.25, 0.3) is 0 Å². The van der Waals surface area contributed by atoms with E-state index in [9.17, 15) is 14.4 Å². The fourth-order valence-electron chi connectivity index (χ4n) is 4.08. The van der Waals surface area contributed by atoms with E-state index in [1.807, 2.05) is 35.7 Å². The summed E-state index contributed by atoms with van der Waals surface area (Å²) in [4.78, 5) is 37.7. The van der Waals surface area contributed by atoms with Crippen molar-refractivity contribution in [2.45, 2.75) is 44.9 Å². The Morgan fingerprint density at radius 1 is 1.14 bits per heavy atom. The fourth-order valence-corrected chi connectivity index (χ4v) is 4.82. The molecule has 2 aromatic rings. The Morgan fingerprint density at radius 3 is 2.62 bits per heavy atom. The first kappa shape index (κ1) is 19.6. The number of Topliss-reactive ketones (excluding diaryl/α,β-unsaturated/α-hetero) is 1. The maximum absolute atomic E-state index is 12.7. The largest absolute Gasteiger partial charge is 0.329 e. The predicted molar refractivity (Wildman–Crippen MR) is 114 cm³/mol. The minimum absolute atomic E-state index is 0.0688. The second kappa shape index (κ2) is 8.33. The molecule has 2 amide bonds. The molecule has 0 saturated carbocycles. The molecule has 2 unspecified atom stereocenters. The van der Waals surface area contributed by atoms with Gasteiger partial charge in [0.1, 0.15) is 0 Å². The smallest absolute Gasteiger partial charge is 0.228 e. The number of hydrogen-bond acceptors (Lipinski definition) is 4. The SMILES string of the molecule is CCc1ccc(NC(=O)CC2CC3=C(CC(c4ccsc4)CC3=O)NC2=O)cc1. The predicted octanol–water partition coefficient (Wildman–Crippen LogP) is 4.18. The van der Waals surface area contributed by atoms with E-state index < -0.39 is 5.92 Å². The van der Waals surface area contributed by atoms with Gasteiger partial charge >= 0.3 is 0 Å².